The maximum absolute atomic E-state index is 13.0. The molecule has 0 radical (unpaired) electrons. The molecule has 0 bridgehead atoms. The molecule has 1 aliphatic rings. The topological polar surface area (TPSA) is 94.8 Å². The van der Waals surface area contributed by atoms with Crippen LogP contribution in [0.5, 0.6) is 0 Å². The maximum Gasteiger partial charge on any atom is 0.336 e. The molecule has 0 aliphatic carbocycles. The maximum atomic E-state index is 13.0. The third kappa shape index (κ3) is 4.12. The summed E-state index contributed by atoms with van der Waals surface area (Å²) in [6.45, 7) is 5.39. The second-order valence-electron chi connectivity index (χ2n) is 7.94. The highest BCUT2D eigenvalue weighted by atomic mass is 16.5. The van der Waals surface area contributed by atoms with Gasteiger partial charge in [-0.2, -0.15) is 0 Å². The van der Waals surface area contributed by atoms with E-state index in [-0.39, 0.29) is 23.2 Å². The lowest BCUT2D eigenvalue weighted by molar-refractivity contribution is -0.139. The third-order valence-corrected chi connectivity index (χ3v) is 5.80. The van der Waals surface area contributed by atoms with Gasteiger partial charge in [-0.15, -0.1) is 0 Å². The number of rotatable bonds is 5. The van der Waals surface area contributed by atoms with E-state index in [0.717, 1.165) is 5.56 Å². The summed E-state index contributed by atoms with van der Waals surface area (Å²) in [5, 5.41) is 3.43. The Morgan fingerprint density at radius 3 is 2.29 bits per heavy atom. The van der Waals surface area contributed by atoms with Crippen LogP contribution in [0.2, 0.25) is 0 Å². The number of nitrogens with one attached hydrogen (secondary N) is 1. The van der Waals surface area contributed by atoms with Crippen molar-refractivity contribution in [1.29, 1.82) is 0 Å². The van der Waals surface area contributed by atoms with Crippen LogP contribution in [0, 0.1) is 0 Å². The molecule has 0 amide bonds. The fourth-order valence-electron chi connectivity index (χ4n) is 4.29. The molecule has 1 aliphatic heterocycles. The average Bonchev–Trinajstić information content (AvgIpc) is 2.83. The molecule has 0 spiro atoms. The highest BCUT2D eigenvalue weighted by Crippen LogP contribution is 2.40. The van der Waals surface area contributed by atoms with E-state index >= 15 is 0 Å². The first kappa shape index (κ1) is 23.0. The molecule has 7 heteroatoms. The van der Waals surface area contributed by atoms with Gasteiger partial charge in [0.05, 0.1) is 36.2 Å². The fraction of sp³-hybridized carbons (Fsp3) is 0.222. The Bertz CT molecular complexity index is 1400. The molecule has 1 N–H and O–H groups in total. The van der Waals surface area contributed by atoms with Crippen LogP contribution < -0.4 is 10.7 Å². The number of methoxy groups -OCH3 is 1. The quantitative estimate of drug-likeness (QED) is 0.564. The van der Waals surface area contributed by atoms with Crippen molar-refractivity contribution in [1.82, 2.24) is 5.32 Å². The molecule has 4 rings (SSSR count). The van der Waals surface area contributed by atoms with E-state index in [0.29, 0.717) is 33.7 Å². The molecule has 0 fully saturated rings. The predicted molar refractivity (Wildman–Crippen MR) is 128 cm³/mol. The number of carbonyl (C=O) groups excluding carboxylic acids is 2. The van der Waals surface area contributed by atoms with Gasteiger partial charge in [0.1, 0.15) is 11.3 Å². The van der Waals surface area contributed by atoms with Crippen molar-refractivity contribution in [3.8, 4) is 11.3 Å². The van der Waals surface area contributed by atoms with Crippen molar-refractivity contribution in [3.63, 3.8) is 0 Å². The number of ether oxygens (including phenoxy) is 2. The average molecular weight is 459 g/mol. The van der Waals surface area contributed by atoms with Crippen LogP contribution in [0.1, 0.15) is 32.3 Å². The monoisotopic (exact) mass is 459 g/mol. The summed E-state index contributed by atoms with van der Waals surface area (Å²) in [6.07, 6.45) is 0. The molecule has 7 nitrogen and oxygen atoms in total. The van der Waals surface area contributed by atoms with E-state index in [2.05, 4.69) is 5.32 Å². The van der Waals surface area contributed by atoms with Crippen LogP contribution in [0.4, 0.5) is 0 Å². The summed E-state index contributed by atoms with van der Waals surface area (Å²) < 4.78 is 16.3. The summed E-state index contributed by atoms with van der Waals surface area (Å²) in [5.74, 6) is -1.43. The van der Waals surface area contributed by atoms with Gasteiger partial charge in [-0.05, 0) is 38.5 Å². The summed E-state index contributed by atoms with van der Waals surface area (Å²) in [7, 11) is 1.29. The highest BCUT2D eigenvalue weighted by Gasteiger charge is 2.38. The molecule has 0 saturated carbocycles. The second-order valence-corrected chi connectivity index (χ2v) is 7.94. The Balaban J connectivity index is 1.90. The van der Waals surface area contributed by atoms with Gasteiger partial charge in [-0.25, -0.2) is 9.59 Å². The molecule has 174 valence electrons. The Labute approximate surface area is 196 Å². The van der Waals surface area contributed by atoms with E-state index in [4.69, 9.17) is 13.9 Å². The van der Waals surface area contributed by atoms with E-state index in [9.17, 15) is 14.4 Å². The number of carbonyl (C=O) groups is 2. The summed E-state index contributed by atoms with van der Waals surface area (Å²) in [4.78, 5) is 38.7. The van der Waals surface area contributed by atoms with Crippen LogP contribution in [-0.4, -0.2) is 25.7 Å². The summed E-state index contributed by atoms with van der Waals surface area (Å²) >= 11 is 0. The van der Waals surface area contributed by atoms with E-state index in [1.54, 1.807) is 39.0 Å². The second kappa shape index (κ2) is 9.39. The standard InChI is InChI=1S/C27H25NO6/c1-5-33-27(31)24-16(3)28-15(2)23(26(30)32-4)25(24)18-11-12-21-19(13-18)20(29)14-22(34-21)17-9-7-6-8-10-17/h6-14,25,28H,5H2,1-4H3. The van der Waals surface area contributed by atoms with Gasteiger partial charge in [-0.1, -0.05) is 36.4 Å². The molecule has 0 saturated heterocycles. The Hall–Kier alpha value is -4.13. The zero-order chi connectivity index (χ0) is 24.4. The highest BCUT2D eigenvalue weighted by molar-refractivity contribution is 6.00. The van der Waals surface area contributed by atoms with Crippen molar-refractivity contribution in [3.05, 3.63) is 92.9 Å². The van der Waals surface area contributed by atoms with Crippen LogP contribution in [0.15, 0.2) is 86.3 Å². The first-order valence-corrected chi connectivity index (χ1v) is 10.9. The SMILES string of the molecule is CCOC(=O)C1=C(C)NC(C)=C(C(=O)OC)C1c1ccc2oc(-c3ccccc3)cc(=O)c2c1. The smallest absolute Gasteiger partial charge is 0.336 e. The van der Waals surface area contributed by atoms with Crippen LogP contribution in [0.25, 0.3) is 22.3 Å². The Kier molecular flexibility index (Phi) is 6.36. The number of dihydropyridines is 1. The lowest BCUT2D eigenvalue weighted by atomic mass is 9.80. The van der Waals surface area contributed by atoms with Crippen molar-refractivity contribution in [2.45, 2.75) is 26.7 Å². The van der Waals surface area contributed by atoms with Crippen LogP contribution in [-0.2, 0) is 19.1 Å². The molecule has 1 aromatic heterocycles. The molecule has 34 heavy (non-hydrogen) atoms. The minimum absolute atomic E-state index is 0.183. The molecule has 2 heterocycles. The van der Waals surface area contributed by atoms with Gasteiger partial charge in [0, 0.05) is 23.0 Å². The number of benzene rings is 2. The van der Waals surface area contributed by atoms with Gasteiger partial charge in [0.2, 0.25) is 0 Å². The van der Waals surface area contributed by atoms with Crippen molar-refractivity contribution in [2.75, 3.05) is 13.7 Å². The van der Waals surface area contributed by atoms with Crippen LogP contribution >= 0.6 is 0 Å². The van der Waals surface area contributed by atoms with Crippen molar-refractivity contribution < 1.29 is 23.5 Å². The fourth-order valence-corrected chi connectivity index (χ4v) is 4.29. The molecule has 3 aromatic rings. The molecular weight excluding hydrogens is 434 g/mol. The Morgan fingerprint density at radius 1 is 0.971 bits per heavy atom. The summed E-state index contributed by atoms with van der Waals surface area (Å²) in [6, 6.07) is 15.9. The normalized spacial score (nSPS) is 15.8. The van der Waals surface area contributed by atoms with Gasteiger partial charge in [-0.3, -0.25) is 4.79 Å². The predicted octanol–water partition coefficient (Wildman–Crippen LogP) is 4.43. The molecule has 1 unspecified atom stereocenters. The number of fused-ring (bicyclic) bond motifs is 1. The van der Waals surface area contributed by atoms with E-state index < -0.39 is 17.9 Å². The first-order chi connectivity index (χ1) is 16.3. The van der Waals surface area contributed by atoms with Crippen molar-refractivity contribution >= 4 is 22.9 Å². The number of allylic oxidation sites excluding steroid dienone is 2. The van der Waals surface area contributed by atoms with E-state index in [1.807, 2.05) is 30.3 Å². The number of hydrogen-bond donors (Lipinski definition) is 1. The Morgan fingerprint density at radius 2 is 1.65 bits per heavy atom. The van der Waals surface area contributed by atoms with Gasteiger partial charge in [0.25, 0.3) is 0 Å². The third-order valence-electron chi connectivity index (χ3n) is 5.80. The minimum Gasteiger partial charge on any atom is -0.466 e. The minimum atomic E-state index is -0.773. The van der Waals surface area contributed by atoms with Gasteiger partial charge < -0.3 is 19.2 Å². The summed E-state index contributed by atoms with van der Waals surface area (Å²) in [5.41, 5.74) is 3.25. The zero-order valence-electron chi connectivity index (χ0n) is 19.4. The zero-order valence-corrected chi connectivity index (χ0v) is 19.4. The first-order valence-electron chi connectivity index (χ1n) is 10.9. The largest absolute Gasteiger partial charge is 0.466 e. The lowest BCUT2D eigenvalue weighted by Crippen LogP contribution is -2.32. The van der Waals surface area contributed by atoms with Crippen molar-refractivity contribution in [2.24, 2.45) is 0 Å². The molecule has 2 aromatic carbocycles. The van der Waals surface area contributed by atoms with Crippen LogP contribution in [0.3, 0.4) is 0 Å². The lowest BCUT2D eigenvalue weighted by Gasteiger charge is -2.30. The molecular formula is C27H25NO6. The molecule has 1 atom stereocenters. The van der Waals surface area contributed by atoms with E-state index in [1.165, 1.54) is 13.2 Å². The number of esters is 2. The number of hydrogen-bond acceptors (Lipinski definition) is 7. The van der Waals surface area contributed by atoms with Gasteiger partial charge >= 0.3 is 11.9 Å². The van der Waals surface area contributed by atoms with Gasteiger partial charge in [0.15, 0.2) is 5.43 Å².